The number of aromatic amines is 1. The van der Waals surface area contributed by atoms with Crippen LogP contribution in [0.1, 0.15) is 23.3 Å². The Balaban J connectivity index is 1.44. The van der Waals surface area contributed by atoms with E-state index in [4.69, 9.17) is 16.1 Å². The summed E-state index contributed by atoms with van der Waals surface area (Å²) in [7, 11) is 0. The fourth-order valence-corrected chi connectivity index (χ4v) is 3.61. The third-order valence-corrected chi connectivity index (χ3v) is 5.34. The molecule has 1 atom stereocenters. The molecule has 156 valence electrons. The molecule has 2 N–H and O–H groups in total. The molecule has 10 heteroatoms. The summed E-state index contributed by atoms with van der Waals surface area (Å²) in [6, 6.07) is 11.8. The lowest BCUT2D eigenvalue weighted by atomic mass is 10.0. The Morgan fingerprint density at radius 2 is 1.97 bits per heavy atom. The molecular weight excluding hydrogens is 423 g/mol. The third-order valence-electron chi connectivity index (χ3n) is 5.08. The summed E-state index contributed by atoms with van der Waals surface area (Å²) >= 11 is 5.92. The monoisotopic (exact) mass is 438 g/mol. The number of nitrogens with one attached hydrogen (secondary N) is 2. The van der Waals surface area contributed by atoms with Gasteiger partial charge in [-0.05, 0) is 48.5 Å². The Bertz CT molecular complexity index is 1220. The van der Waals surface area contributed by atoms with E-state index in [1.807, 2.05) is 0 Å². The summed E-state index contributed by atoms with van der Waals surface area (Å²) in [4.78, 5) is 26.6. The molecule has 0 fully saturated rings. The summed E-state index contributed by atoms with van der Waals surface area (Å²) in [5, 5.41) is 7.46. The largest absolute Gasteiger partial charge is 0.347 e. The van der Waals surface area contributed by atoms with Gasteiger partial charge in [0, 0.05) is 22.7 Å². The highest BCUT2D eigenvalue weighted by Gasteiger charge is 2.36. The number of nitrogens with zero attached hydrogens (tertiary/aromatic N) is 4. The number of H-pyrrole nitrogens is 1. The number of hydrogen-bond donors (Lipinski definition) is 2. The van der Waals surface area contributed by atoms with Crippen molar-refractivity contribution in [2.75, 3.05) is 5.32 Å². The van der Waals surface area contributed by atoms with E-state index in [0.717, 1.165) is 11.4 Å². The molecule has 1 aliphatic rings. The molecule has 2 aromatic heterocycles. The highest BCUT2D eigenvalue weighted by Crippen LogP contribution is 2.32. The van der Waals surface area contributed by atoms with Crippen LogP contribution in [0.4, 0.5) is 14.9 Å². The van der Waals surface area contributed by atoms with E-state index in [9.17, 15) is 9.18 Å². The quantitative estimate of drug-likeness (QED) is 0.487. The van der Waals surface area contributed by atoms with Crippen molar-refractivity contribution in [3.05, 3.63) is 83.0 Å². The smallest absolute Gasteiger partial charge is 0.322 e. The van der Waals surface area contributed by atoms with Crippen molar-refractivity contribution in [1.29, 1.82) is 0 Å². The van der Waals surface area contributed by atoms with Gasteiger partial charge in [0.05, 0.1) is 24.3 Å². The number of imidazole rings is 1. The lowest BCUT2D eigenvalue weighted by Gasteiger charge is -2.32. The van der Waals surface area contributed by atoms with Gasteiger partial charge in [0.2, 0.25) is 11.7 Å². The van der Waals surface area contributed by atoms with Gasteiger partial charge in [0.15, 0.2) is 0 Å². The fraction of sp³-hybridized carbons (Fsp3) is 0.143. The highest BCUT2D eigenvalue weighted by molar-refractivity contribution is 6.30. The Labute approximate surface area is 181 Å². The zero-order chi connectivity index (χ0) is 21.4. The zero-order valence-electron chi connectivity index (χ0n) is 16.0. The van der Waals surface area contributed by atoms with Gasteiger partial charge in [0.1, 0.15) is 11.9 Å². The summed E-state index contributed by atoms with van der Waals surface area (Å²) in [5.74, 6) is 0.246. The lowest BCUT2D eigenvalue weighted by molar-refractivity contribution is 0.155. The van der Waals surface area contributed by atoms with E-state index in [2.05, 4.69) is 25.4 Å². The second kappa shape index (κ2) is 7.84. The van der Waals surface area contributed by atoms with E-state index in [0.29, 0.717) is 35.1 Å². The Morgan fingerprint density at radius 1 is 1.19 bits per heavy atom. The van der Waals surface area contributed by atoms with Crippen LogP contribution in [0.15, 0.2) is 59.4 Å². The predicted molar refractivity (Wildman–Crippen MR) is 111 cm³/mol. The molecule has 2 amide bonds. The minimum Gasteiger partial charge on any atom is -0.347 e. The number of urea groups is 1. The number of amides is 2. The van der Waals surface area contributed by atoms with Crippen molar-refractivity contribution < 1.29 is 13.7 Å². The fourth-order valence-electron chi connectivity index (χ4n) is 3.49. The number of halogens is 2. The molecule has 0 aliphatic carbocycles. The molecule has 0 saturated carbocycles. The average Bonchev–Trinajstić information content (AvgIpc) is 3.44. The first-order valence-electron chi connectivity index (χ1n) is 9.50. The summed E-state index contributed by atoms with van der Waals surface area (Å²) in [6.45, 7) is 0.299. The van der Waals surface area contributed by atoms with Crippen molar-refractivity contribution in [2.45, 2.75) is 19.0 Å². The SMILES string of the molecule is O=C(Nc1ccc(Cl)cc1)N1Cc2[nH]cnc2C[C@H]1c1nc(-c2ccc(F)cc2)no1. The summed E-state index contributed by atoms with van der Waals surface area (Å²) in [5.41, 5.74) is 2.91. The minimum atomic E-state index is -0.509. The van der Waals surface area contributed by atoms with Gasteiger partial charge < -0.3 is 19.7 Å². The first kappa shape index (κ1) is 19.3. The van der Waals surface area contributed by atoms with Crippen LogP contribution in [0.5, 0.6) is 0 Å². The number of carbonyl (C=O) groups is 1. The number of hydrogen-bond acceptors (Lipinski definition) is 5. The van der Waals surface area contributed by atoms with Crippen LogP contribution < -0.4 is 5.32 Å². The molecule has 31 heavy (non-hydrogen) atoms. The van der Waals surface area contributed by atoms with Crippen LogP contribution in [0.25, 0.3) is 11.4 Å². The topological polar surface area (TPSA) is 99.9 Å². The van der Waals surface area contributed by atoms with E-state index in [1.165, 1.54) is 12.1 Å². The number of carbonyl (C=O) groups excluding carboxylic acids is 1. The molecule has 5 rings (SSSR count). The van der Waals surface area contributed by atoms with E-state index in [1.54, 1.807) is 47.6 Å². The van der Waals surface area contributed by atoms with Crippen LogP contribution in [-0.2, 0) is 13.0 Å². The van der Waals surface area contributed by atoms with Crippen molar-refractivity contribution in [1.82, 2.24) is 25.0 Å². The van der Waals surface area contributed by atoms with Gasteiger partial charge >= 0.3 is 6.03 Å². The van der Waals surface area contributed by atoms with Crippen LogP contribution in [0.2, 0.25) is 5.02 Å². The van der Waals surface area contributed by atoms with Crippen LogP contribution in [0.3, 0.4) is 0 Å². The van der Waals surface area contributed by atoms with Crippen molar-refractivity contribution in [3.63, 3.8) is 0 Å². The molecule has 0 radical (unpaired) electrons. The van der Waals surface area contributed by atoms with Gasteiger partial charge in [-0.25, -0.2) is 14.2 Å². The maximum Gasteiger partial charge on any atom is 0.322 e. The van der Waals surface area contributed by atoms with Crippen molar-refractivity contribution in [2.24, 2.45) is 0 Å². The van der Waals surface area contributed by atoms with E-state index in [-0.39, 0.29) is 17.7 Å². The molecule has 8 nitrogen and oxygen atoms in total. The molecule has 0 saturated heterocycles. The van der Waals surface area contributed by atoms with Crippen molar-refractivity contribution in [3.8, 4) is 11.4 Å². The van der Waals surface area contributed by atoms with E-state index < -0.39 is 6.04 Å². The zero-order valence-corrected chi connectivity index (χ0v) is 16.8. The second-order valence-corrected chi connectivity index (χ2v) is 7.51. The Kier molecular flexibility index (Phi) is 4.87. The first-order valence-corrected chi connectivity index (χ1v) is 9.88. The first-order chi connectivity index (χ1) is 15.1. The lowest BCUT2D eigenvalue weighted by Crippen LogP contribution is -2.41. The Hall–Kier alpha value is -3.72. The highest BCUT2D eigenvalue weighted by atomic mass is 35.5. The van der Waals surface area contributed by atoms with Crippen LogP contribution in [0, 0.1) is 5.82 Å². The molecule has 4 aromatic rings. The number of anilines is 1. The normalized spacial score (nSPS) is 15.5. The molecule has 0 spiro atoms. The van der Waals surface area contributed by atoms with E-state index >= 15 is 0 Å². The molecule has 2 aromatic carbocycles. The maximum atomic E-state index is 13.2. The number of aromatic nitrogens is 4. The van der Waals surface area contributed by atoms with Crippen LogP contribution in [-0.4, -0.2) is 31.0 Å². The molecule has 3 heterocycles. The van der Waals surface area contributed by atoms with Crippen molar-refractivity contribution >= 4 is 23.3 Å². The Morgan fingerprint density at radius 3 is 2.74 bits per heavy atom. The molecule has 0 bridgehead atoms. The van der Waals surface area contributed by atoms with Gasteiger partial charge in [-0.3, -0.25) is 0 Å². The maximum absolute atomic E-state index is 13.2. The van der Waals surface area contributed by atoms with Gasteiger partial charge in [-0.1, -0.05) is 16.8 Å². The predicted octanol–water partition coefficient (Wildman–Crippen LogP) is 4.58. The average molecular weight is 439 g/mol. The number of benzene rings is 2. The second-order valence-electron chi connectivity index (χ2n) is 7.08. The molecular formula is C21H16ClFN6O2. The molecule has 0 unspecified atom stereocenters. The van der Waals surface area contributed by atoms with Gasteiger partial charge in [0.25, 0.3) is 0 Å². The minimum absolute atomic E-state index is 0.277. The number of rotatable bonds is 3. The molecule has 1 aliphatic heterocycles. The summed E-state index contributed by atoms with van der Waals surface area (Å²) in [6.07, 6.45) is 2.01. The summed E-state index contributed by atoms with van der Waals surface area (Å²) < 4.78 is 18.7. The number of fused-ring (bicyclic) bond motifs is 1. The third kappa shape index (κ3) is 3.87. The van der Waals surface area contributed by atoms with Gasteiger partial charge in [-0.2, -0.15) is 4.98 Å². The van der Waals surface area contributed by atoms with Crippen LogP contribution >= 0.6 is 11.6 Å². The standard InChI is InChI=1S/C21H16ClFN6O2/c22-13-3-7-15(8-4-13)26-21(30)29-10-17-16(24-11-25-17)9-18(29)20-27-19(28-31-20)12-1-5-14(23)6-2-12/h1-8,11,18H,9-10H2,(H,24,25)(H,26,30)/t18-/m0/s1. The van der Waals surface area contributed by atoms with Gasteiger partial charge in [-0.15, -0.1) is 0 Å².